The highest BCUT2D eigenvalue weighted by atomic mass is 35.5. The van der Waals surface area contributed by atoms with Crippen LogP contribution in [0, 0.1) is 11.8 Å². The van der Waals surface area contributed by atoms with Crippen LogP contribution >= 0.6 is 24.8 Å². The van der Waals surface area contributed by atoms with Crippen molar-refractivity contribution in [2.75, 3.05) is 11.9 Å². The first kappa shape index (κ1) is 21.2. The van der Waals surface area contributed by atoms with Crippen LogP contribution in [0.2, 0.25) is 0 Å². The molecule has 0 aliphatic heterocycles. The summed E-state index contributed by atoms with van der Waals surface area (Å²) in [5, 5.41) is 10.6. The molecule has 2 atom stereocenters. The molecule has 0 bridgehead atoms. The average Bonchev–Trinajstić information content (AvgIpc) is 3.05. The molecule has 1 aromatic heterocycles. The number of rotatable bonds is 5. The summed E-state index contributed by atoms with van der Waals surface area (Å²) in [6.07, 6.45) is 4.59. The molecule has 0 unspecified atom stereocenters. The molecule has 136 valence electrons. The molecule has 1 aliphatic rings. The number of hydrogen-bond donors (Lipinski definition) is 2. The van der Waals surface area contributed by atoms with Crippen LogP contribution in [0.1, 0.15) is 19.3 Å². The minimum atomic E-state index is 0. The Bertz CT molecular complexity index is 673. The van der Waals surface area contributed by atoms with Crippen molar-refractivity contribution >= 4 is 36.4 Å². The van der Waals surface area contributed by atoms with Gasteiger partial charge in [-0.2, -0.15) is 5.10 Å². The number of nitrogens with zero attached hydrogens (tertiary/aromatic N) is 2. The Labute approximate surface area is 159 Å². The van der Waals surface area contributed by atoms with Gasteiger partial charge in [-0.25, -0.2) is 0 Å². The van der Waals surface area contributed by atoms with E-state index in [2.05, 4.69) is 15.5 Å². The molecular formula is C17H22Cl2N4O2. The van der Waals surface area contributed by atoms with Gasteiger partial charge in [-0.15, -0.1) is 29.9 Å². The Balaban J connectivity index is 0.00000156. The fourth-order valence-corrected chi connectivity index (χ4v) is 3.00. The van der Waals surface area contributed by atoms with E-state index < -0.39 is 0 Å². The predicted molar refractivity (Wildman–Crippen MR) is 102 cm³/mol. The summed E-state index contributed by atoms with van der Waals surface area (Å²) < 4.78 is 5.62. The van der Waals surface area contributed by atoms with Crippen molar-refractivity contribution in [3.05, 3.63) is 42.6 Å². The molecule has 1 aliphatic carbocycles. The van der Waals surface area contributed by atoms with Crippen molar-refractivity contribution in [2.45, 2.75) is 19.3 Å². The van der Waals surface area contributed by atoms with Gasteiger partial charge in [-0.1, -0.05) is 12.5 Å². The minimum absolute atomic E-state index is 0. The van der Waals surface area contributed by atoms with E-state index in [1.165, 1.54) is 0 Å². The maximum atomic E-state index is 12.4. The van der Waals surface area contributed by atoms with Crippen LogP contribution in [-0.2, 0) is 4.79 Å². The highest BCUT2D eigenvalue weighted by Gasteiger charge is 2.31. The Kier molecular flexibility index (Phi) is 8.61. The molecule has 6 nitrogen and oxygen atoms in total. The normalized spacial score (nSPS) is 18.6. The van der Waals surface area contributed by atoms with Crippen molar-refractivity contribution in [1.82, 2.24) is 10.2 Å². The number of nitrogens with two attached hydrogens (primary N) is 1. The number of anilines is 1. The molecule has 3 N–H and O–H groups in total. The molecule has 25 heavy (non-hydrogen) atoms. The summed E-state index contributed by atoms with van der Waals surface area (Å²) in [4.78, 5) is 12.4. The van der Waals surface area contributed by atoms with E-state index in [1.54, 1.807) is 24.4 Å². The van der Waals surface area contributed by atoms with Gasteiger partial charge in [-0.05, 0) is 43.5 Å². The van der Waals surface area contributed by atoms with Gasteiger partial charge >= 0.3 is 0 Å². The number of benzene rings is 1. The lowest BCUT2D eigenvalue weighted by Crippen LogP contribution is -2.29. The largest absolute Gasteiger partial charge is 0.437 e. The Morgan fingerprint density at radius 1 is 1.24 bits per heavy atom. The number of nitrogens with one attached hydrogen (secondary N) is 1. The lowest BCUT2D eigenvalue weighted by atomic mass is 9.95. The molecule has 0 radical (unpaired) electrons. The third-order valence-corrected chi connectivity index (χ3v) is 4.17. The highest BCUT2D eigenvalue weighted by Crippen LogP contribution is 2.32. The third kappa shape index (κ3) is 5.56. The molecule has 0 spiro atoms. The molecule has 1 heterocycles. The van der Waals surface area contributed by atoms with E-state index >= 15 is 0 Å². The molecule has 0 saturated heterocycles. The first-order valence-corrected chi connectivity index (χ1v) is 7.83. The zero-order chi connectivity index (χ0) is 16.1. The number of ether oxygens (including phenoxy) is 1. The summed E-state index contributed by atoms with van der Waals surface area (Å²) in [5.41, 5.74) is 6.46. The standard InChI is InChI=1S/C17H20N4O2.2ClH/c18-11-12-4-1-7-15(12)17(22)20-13-5-2-6-14(10-13)23-16-8-3-9-19-21-16;;/h2-3,5-6,8-10,12,15H,1,4,7,11,18H2,(H,20,22);2*1H/t12-,15-;;/m1../s1. The predicted octanol–water partition coefficient (Wildman–Crippen LogP) is 3.43. The number of carbonyl (C=O) groups is 1. The monoisotopic (exact) mass is 384 g/mol. The molecular weight excluding hydrogens is 363 g/mol. The van der Waals surface area contributed by atoms with Crippen molar-refractivity contribution in [3.63, 3.8) is 0 Å². The zero-order valence-electron chi connectivity index (χ0n) is 13.6. The highest BCUT2D eigenvalue weighted by molar-refractivity contribution is 5.93. The molecule has 8 heteroatoms. The van der Waals surface area contributed by atoms with Gasteiger partial charge in [0.15, 0.2) is 0 Å². The third-order valence-electron chi connectivity index (χ3n) is 4.17. The summed E-state index contributed by atoms with van der Waals surface area (Å²) in [5.74, 6) is 1.34. The summed E-state index contributed by atoms with van der Waals surface area (Å²) >= 11 is 0. The van der Waals surface area contributed by atoms with Crippen LogP contribution in [0.5, 0.6) is 11.6 Å². The van der Waals surface area contributed by atoms with E-state index in [9.17, 15) is 4.79 Å². The fraction of sp³-hybridized carbons (Fsp3) is 0.353. The summed E-state index contributed by atoms with van der Waals surface area (Å²) in [6, 6.07) is 10.7. The Morgan fingerprint density at radius 3 is 2.80 bits per heavy atom. The van der Waals surface area contributed by atoms with Gasteiger partial charge in [0, 0.05) is 29.9 Å². The van der Waals surface area contributed by atoms with Crippen molar-refractivity contribution in [3.8, 4) is 11.6 Å². The molecule has 1 fully saturated rings. The number of amides is 1. The van der Waals surface area contributed by atoms with Crippen LogP contribution in [0.15, 0.2) is 42.6 Å². The van der Waals surface area contributed by atoms with Gasteiger partial charge in [0.25, 0.3) is 0 Å². The van der Waals surface area contributed by atoms with Crippen LogP contribution in [0.25, 0.3) is 0 Å². The van der Waals surface area contributed by atoms with Crippen LogP contribution < -0.4 is 15.8 Å². The minimum Gasteiger partial charge on any atom is -0.437 e. The summed E-state index contributed by atoms with van der Waals surface area (Å²) in [6.45, 7) is 0.563. The van der Waals surface area contributed by atoms with Crippen molar-refractivity contribution in [1.29, 1.82) is 0 Å². The SMILES string of the molecule is Cl.Cl.NC[C@H]1CCC[C@H]1C(=O)Nc1cccc(Oc2cccnn2)c1. The second-order valence-corrected chi connectivity index (χ2v) is 5.71. The lowest BCUT2D eigenvalue weighted by molar-refractivity contribution is -0.120. The molecule has 1 amide bonds. The van der Waals surface area contributed by atoms with E-state index in [0.717, 1.165) is 19.3 Å². The number of aromatic nitrogens is 2. The maximum absolute atomic E-state index is 12.4. The van der Waals surface area contributed by atoms with E-state index in [1.807, 2.05) is 18.2 Å². The number of hydrogen-bond acceptors (Lipinski definition) is 5. The van der Waals surface area contributed by atoms with Crippen molar-refractivity contribution < 1.29 is 9.53 Å². The lowest BCUT2D eigenvalue weighted by Gasteiger charge is -2.17. The second-order valence-electron chi connectivity index (χ2n) is 5.71. The average molecular weight is 385 g/mol. The van der Waals surface area contributed by atoms with E-state index in [4.69, 9.17) is 10.5 Å². The Hall–Kier alpha value is -1.89. The van der Waals surface area contributed by atoms with Gasteiger partial charge in [0.05, 0.1) is 0 Å². The molecule has 1 aromatic carbocycles. The maximum Gasteiger partial charge on any atom is 0.238 e. The van der Waals surface area contributed by atoms with Gasteiger partial charge in [0.1, 0.15) is 5.75 Å². The molecule has 1 saturated carbocycles. The molecule has 3 rings (SSSR count). The molecule has 2 aromatic rings. The van der Waals surface area contributed by atoms with Crippen LogP contribution in [-0.4, -0.2) is 22.6 Å². The van der Waals surface area contributed by atoms with Gasteiger partial charge in [0.2, 0.25) is 11.8 Å². The fourth-order valence-electron chi connectivity index (χ4n) is 3.00. The quantitative estimate of drug-likeness (QED) is 0.823. The van der Waals surface area contributed by atoms with Gasteiger partial charge < -0.3 is 15.8 Å². The smallest absolute Gasteiger partial charge is 0.238 e. The summed E-state index contributed by atoms with van der Waals surface area (Å²) in [7, 11) is 0. The van der Waals surface area contributed by atoms with E-state index in [-0.39, 0.29) is 42.6 Å². The van der Waals surface area contributed by atoms with Gasteiger partial charge in [-0.3, -0.25) is 4.79 Å². The van der Waals surface area contributed by atoms with Crippen LogP contribution in [0.4, 0.5) is 5.69 Å². The topological polar surface area (TPSA) is 90.1 Å². The number of halogens is 2. The van der Waals surface area contributed by atoms with Crippen molar-refractivity contribution in [2.24, 2.45) is 17.6 Å². The first-order valence-electron chi connectivity index (χ1n) is 7.83. The van der Waals surface area contributed by atoms with E-state index in [0.29, 0.717) is 23.9 Å². The second kappa shape index (κ2) is 10.2. The van der Waals surface area contributed by atoms with Crippen LogP contribution in [0.3, 0.4) is 0 Å². The number of carbonyl (C=O) groups excluding carboxylic acids is 1. The Morgan fingerprint density at radius 2 is 2.08 bits per heavy atom. The zero-order valence-corrected chi connectivity index (χ0v) is 15.3. The first-order chi connectivity index (χ1) is 11.3.